The van der Waals surface area contributed by atoms with Crippen LogP contribution in [0.5, 0.6) is 0 Å². The maximum atomic E-state index is 13.2. The molecule has 0 spiro atoms. The van der Waals surface area contributed by atoms with E-state index in [1.807, 2.05) is 66.7 Å². The Morgan fingerprint density at radius 3 is 2.46 bits per heavy atom. The van der Waals surface area contributed by atoms with Gasteiger partial charge in [-0.05, 0) is 66.1 Å². The van der Waals surface area contributed by atoms with Crippen LogP contribution in [0.1, 0.15) is 53.0 Å². The minimum absolute atomic E-state index is 0.0522. The van der Waals surface area contributed by atoms with Crippen LogP contribution in [-0.4, -0.2) is 38.9 Å². The molecule has 1 saturated carbocycles. The van der Waals surface area contributed by atoms with Crippen LogP contribution < -0.4 is 5.32 Å². The highest BCUT2D eigenvalue weighted by molar-refractivity contribution is 6.30. The molecule has 1 fully saturated rings. The Bertz CT molecular complexity index is 1470. The molecule has 5 rings (SSSR count). The van der Waals surface area contributed by atoms with E-state index in [2.05, 4.69) is 22.5 Å². The summed E-state index contributed by atoms with van der Waals surface area (Å²) in [4.78, 5) is 24.9. The number of halogens is 1. The van der Waals surface area contributed by atoms with Gasteiger partial charge in [-0.3, -0.25) is 9.48 Å². The Morgan fingerprint density at radius 2 is 1.68 bits per heavy atom. The molecule has 0 radical (unpaired) electrons. The summed E-state index contributed by atoms with van der Waals surface area (Å²) in [6.07, 6.45) is 4.95. The van der Waals surface area contributed by atoms with Gasteiger partial charge in [-0.15, -0.1) is 0 Å². The molecule has 41 heavy (non-hydrogen) atoms. The summed E-state index contributed by atoms with van der Waals surface area (Å²) >= 11 is 6.08. The zero-order chi connectivity index (χ0) is 28.6. The molecule has 7 nitrogen and oxygen atoms in total. The topological polar surface area (TPSA) is 93.5 Å². The van der Waals surface area contributed by atoms with Crippen molar-refractivity contribution >= 4 is 23.5 Å². The van der Waals surface area contributed by atoms with Gasteiger partial charge in [0.15, 0.2) is 5.69 Å². The van der Waals surface area contributed by atoms with Crippen molar-refractivity contribution in [3.05, 3.63) is 112 Å². The molecule has 0 bridgehead atoms. The first-order valence-corrected chi connectivity index (χ1v) is 14.4. The number of carboxylic acid groups (broad SMARTS) is 1. The molecule has 0 saturated heterocycles. The van der Waals surface area contributed by atoms with E-state index in [0.717, 1.165) is 47.9 Å². The summed E-state index contributed by atoms with van der Waals surface area (Å²) < 4.78 is 7.73. The number of carboxylic acids is 1. The van der Waals surface area contributed by atoms with Crippen LogP contribution >= 0.6 is 11.6 Å². The Labute approximate surface area is 245 Å². The lowest BCUT2D eigenvalue weighted by Gasteiger charge is -2.32. The number of ether oxygens (including phenoxy) is 1. The fourth-order valence-electron chi connectivity index (χ4n) is 5.44. The van der Waals surface area contributed by atoms with E-state index in [1.165, 1.54) is 4.68 Å². The molecule has 1 aliphatic carbocycles. The third-order valence-corrected chi connectivity index (χ3v) is 7.81. The fourth-order valence-corrected chi connectivity index (χ4v) is 5.56. The van der Waals surface area contributed by atoms with Gasteiger partial charge in [0.1, 0.15) is 6.54 Å². The lowest BCUT2D eigenvalue weighted by molar-refractivity contribution is -0.124. The molecule has 1 amide bonds. The summed E-state index contributed by atoms with van der Waals surface area (Å²) in [7, 11) is 0. The van der Waals surface area contributed by atoms with Gasteiger partial charge < -0.3 is 15.2 Å². The minimum atomic E-state index is -1.12. The van der Waals surface area contributed by atoms with Crippen LogP contribution in [-0.2, 0) is 35.5 Å². The number of carbonyl (C=O) groups excluding carboxylic acids is 1. The monoisotopic (exact) mass is 571 g/mol. The van der Waals surface area contributed by atoms with E-state index < -0.39 is 5.97 Å². The number of hydrogen-bond donors (Lipinski definition) is 2. The maximum absolute atomic E-state index is 13.2. The van der Waals surface area contributed by atoms with Crippen LogP contribution in [0, 0.1) is 0 Å². The van der Waals surface area contributed by atoms with Crippen LogP contribution in [0.25, 0.3) is 11.1 Å². The second kappa shape index (κ2) is 13.6. The lowest BCUT2D eigenvalue weighted by Crippen LogP contribution is -2.47. The van der Waals surface area contributed by atoms with Crippen molar-refractivity contribution in [2.75, 3.05) is 0 Å². The molecule has 212 valence electrons. The van der Waals surface area contributed by atoms with Crippen LogP contribution in [0.3, 0.4) is 0 Å². The number of nitrogens with zero attached hydrogens (tertiary/aromatic N) is 2. The van der Waals surface area contributed by atoms with Crippen molar-refractivity contribution in [2.24, 2.45) is 0 Å². The van der Waals surface area contributed by atoms with E-state index in [0.29, 0.717) is 30.2 Å². The van der Waals surface area contributed by atoms with Gasteiger partial charge in [-0.1, -0.05) is 91.2 Å². The van der Waals surface area contributed by atoms with E-state index in [4.69, 9.17) is 16.3 Å². The number of aromatic carboxylic acids is 1. The van der Waals surface area contributed by atoms with Gasteiger partial charge in [0.05, 0.1) is 18.8 Å². The van der Waals surface area contributed by atoms with E-state index in [9.17, 15) is 14.7 Å². The summed E-state index contributed by atoms with van der Waals surface area (Å²) in [6, 6.07) is 27.3. The number of carbonyl (C=O) groups is 2. The molecule has 0 aliphatic heterocycles. The third kappa shape index (κ3) is 7.63. The Balaban J connectivity index is 1.26. The largest absolute Gasteiger partial charge is 0.476 e. The van der Waals surface area contributed by atoms with Gasteiger partial charge in [0.25, 0.3) is 0 Å². The Morgan fingerprint density at radius 1 is 0.951 bits per heavy atom. The van der Waals surface area contributed by atoms with E-state index in [1.54, 1.807) is 6.07 Å². The van der Waals surface area contributed by atoms with Crippen molar-refractivity contribution in [1.82, 2.24) is 15.1 Å². The fraction of sp³-hybridized carbons (Fsp3) is 0.303. The second-order valence-electron chi connectivity index (χ2n) is 10.4. The SMILES string of the molecule is O=C(Cn1nc(C(=O)O)cc1CCc1ccccc1-c1ccc(Cl)cc1)NC1CCCCC1OCc1ccccc1. The number of benzene rings is 3. The molecule has 3 aromatic carbocycles. The standard InChI is InChI=1S/C33H34ClN3O4/c34-26-17-14-25(15-18-26)28-11-5-4-10-24(28)16-19-27-20-30(33(39)40)36-37(27)21-32(38)35-29-12-6-7-13-31(29)41-22-23-8-2-1-3-9-23/h1-5,8-11,14-15,17-18,20,29,31H,6-7,12-13,16,19,21-22H2,(H,35,38)(H,39,40). The molecule has 1 aliphatic rings. The number of nitrogens with one attached hydrogen (secondary N) is 1. The molecule has 2 N–H and O–H groups in total. The average molecular weight is 572 g/mol. The number of amides is 1. The second-order valence-corrected chi connectivity index (χ2v) is 10.9. The van der Waals surface area contributed by atoms with Gasteiger partial charge in [0.2, 0.25) is 5.91 Å². The number of hydrogen-bond acceptors (Lipinski definition) is 4. The molecular weight excluding hydrogens is 538 g/mol. The first kappa shape index (κ1) is 28.6. The molecule has 1 aromatic heterocycles. The normalized spacial score (nSPS) is 16.8. The van der Waals surface area contributed by atoms with Gasteiger partial charge in [0, 0.05) is 10.7 Å². The summed E-state index contributed by atoms with van der Waals surface area (Å²) in [5.41, 5.74) is 4.99. The summed E-state index contributed by atoms with van der Waals surface area (Å²) in [5, 5.41) is 17.7. The smallest absolute Gasteiger partial charge is 0.356 e. The highest BCUT2D eigenvalue weighted by Crippen LogP contribution is 2.27. The summed E-state index contributed by atoms with van der Waals surface area (Å²) in [6.45, 7) is 0.448. The highest BCUT2D eigenvalue weighted by Gasteiger charge is 2.28. The van der Waals surface area contributed by atoms with Crippen molar-refractivity contribution in [3.8, 4) is 11.1 Å². The first-order valence-electron chi connectivity index (χ1n) is 14.0. The molecular formula is C33H34ClN3O4. The molecule has 2 unspecified atom stereocenters. The zero-order valence-corrected chi connectivity index (χ0v) is 23.6. The lowest BCUT2D eigenvalue weighted by atomic mass is 9.92. The average Bonchev–Trinajstić information content (AvgIpc) is 3.39. The Hall–Kier alpha value is -3.94. The highest BCUT2D eigenvalue weighted by atomic mass is 35.5. The zero-order valence-electron chi connectivity index (χ0n) is 22.8. The number of rotatable bonds is 11. The molecule has 8 heteroatoms. The van der Waals surface area contributed by atoms with Crippen LogP contribution in [0.2, 0.25) is 5.02 Å². The van der Waals surface area contributed by atoms with Gasteiger partial charge in [-0.25, -0.2) is 4.79 Å². The minimum Gasteiger partial charge on any atom is -0.476 e. The summed E-state index contributed by atoms with van der Waals surface area (Å²) in [5.74, 6) is -1.32. The van der Waals surface area contributed by atoms with E-state index >= 15 is 0 Å². The quantitative estimate of drug-likeness (QED) is 0.219. The van der Waals surface area contributed by atoms with Crippen LogP contribution in [0.15, 0.2) is 84.9 Å². The van der Waals surface area contributed by atoms with Gasteiger partial charge >= 0.3 is 5.97 Å². The first-order chi connectivity index (χ1) is 20.0. The predicted molar refractivity (Wildman–Crippen MR) is 159 cm³/mol. The van der Waals surface area contributed by atoms with Crippen molar-refractivity contribution in [2.45, 2.75) is 63.8 Å². The van der Waals surface area contributed by atoms with Crippen molar-refractivity contribution in [3.63, 3.8) is 0 Å². The van der Waals surface area contributed by atoms with Crippen molar-refractivity contribution < 1.29 is 19.4 Å². The molecule has 2 atom stereocenters. The maximum Gasteiger partial charge on any atom is 0.356 e. The molecule has 4 aromatic rings. The Kier molecular flexibility index (Phi) is 9.49. The predicted octanol–water partition coefficient (Wildman–Crippen LogP) is 6.33. The van der Waals surface area contributed by atoms with E-state index in [-0.39, 0.29) is 30.3 Å². The number of aryl methyl sites for hydroxylation is 2. The molecule has 1 heterocycles. The third-order valence-electron chi connectivity index (χ3n) is 7.55. The van der Waals surface area contributed by atoms with Gasteiger partial charge in [-0.2, -0.15) is 5.10 Å². The van der Waals surface area contributed by atoms with Crippen molar-refractivity contribution in [1.29, 1.82) is 0 Å². The van der Waals surface area contributed by atoms with Crippen LogP contribution in [0.4, 0.5) is 0 Å². The number of aromatic nitrogens is 2.